The third kappa shape index (κ3) is 4.77. The van der Waals surface area contributed by atoms with Crippen LogP contribution in [0, 0.1) is 11.3 Å². The quantitative estimate of drug-likeness (QED) is 0.457. The maximum Gasteiger partial charge on any atom is 0.315 e. The van der Waals surface area contributed by atoms with Gasteiger partial charge in [0.05, 0.1) is 6.04 Å². The number of hydrogen-bond acceptors (Lipinski definition) is 6. The van der Waals surface area contributed by atoms with E-state index in [1.807, 2.05) is 32.9 Å². The number of carbonyl (C=O) groups excluding carboxylic acids is 2. The average Bonchev–Trinajstić information content (AvgIpc) is 3.76. The minimum atomic E-state index is -0.344. The highest BCUT2D eigenvalue weighted by Crippen LogP contribution is 2.70. The summed E-state index contributed by atoms with van der Waals surface area (Å²) in [5, 5.41) is 10.1. The van der Waals surface area contributed by atoms with E-state index in [-0.39, 0.29) is 35.1 Å². The molecule has 37 heavy (non-hydrogen) atoms. The van der Waals surface area contributed by atoms with Crippen molar-refractivity contribution in [3.05, 3.63) is 59.4 Å². The summed E-state index contributed by atoms with van der Waals surface area (Å²) in [6.07, 6.45) is 9.00. The lowest BCUT2D eigenvalue weighted by atomic mass is 9.94. The Morgan fingerprint density at radius 1 is 1.08 bits per heavy atom. The predicted molar refractivity (Wildman–Crippen MR) is 139 cm³/mol. The van der Waals surface area contributed by atoms with E-state index >= 15 is 0 Å². The molecule has 0 radical (unpaired) electrons. The molecule has 2 N–H and O–H groups in total. The van der Waals surface area contributed by atoms with Gasteiger partial charge in [-0.15, -0.1) is 0 Å². The van der Waals surface area contributed by atoms with Crippen molar-refractivity contribution < 1.29 is 14.1 Å². The minimum absolute atomic E-state index is 0.00231. The fourth-order valence-corrected chi connectivity index (χ4v) is 5.47. The first-order chi connectivity index (χ1) is 17.7. The summed E-state index contributed by atoms with van der Waals surface area (Å²) in [7, 11) is 0. The smallest absolute Gasteiger partial charge is 0.315 e. The van der Waals surface area contributed by atoms with Crippen LogP contribution in [0.5, 0.6) is 0 Å². The van der Waals surface area contributed by atoms with Crippen molar-refractivity contribution in [3.63, 3.8) is 0 Å². The SMILES string of the molecule is CC(C)(C)c1noc(C(=O)NC2CCCCc3cc(-c4ccnc(NC(=O)C5CC56CC6)c4)ccc32)n1. The number of hydrogen-bond donors (Lipinski definition) is 2. The van der Waals surface area contributed by atoms with Crippen molar-refractivity contribution in [2.24, 2.45) is 11.3 Å². The van der Waals surface area contributed by atoms with Crippen molar-refractivity contribution in [2.75, 3.05) is 5.32 Å². The first kappa shape index (κ1) is 23.8. The number of nitrogens with zero attached hydrogens (tertiary/aromatic N) is 3. The lowest BCUT2D eigenvalue weighted by Gasteiger charge is -2.19. The van der Waals surface area contributed by atoms with E-state index < -0.39 is 0 Å². The van der Waals surface area contributed by atoms with Crippen LogP contribution in [0.25, 0.3) is 11.1 Å². The standard InChI is InChI=1S/C29H33N5O3/c1-28(2,3)27-33-26(37-34-27)25(36)31-22-7-5-4-6-19-14-17(8-9-20(19)22)18-10-13-30-23(15-18)32-24(35)21-16-29(21)11-12-29/h8-10,13-15,21-22H,4-7,11-12,16H2,1-3H3,(H,31,36)(H,30,32,35). The Hall–Kier alpha value is -3.55. The second-order valence-corrected chi connectivity index (χ2v) is 11.9. The zero-order valence-corrected chi connectivity index (χ0v) is 21.6. The molecule has 2 atom stereocenters. The summed E-state index contributed by atoms with van der Waals surface area (Å²) in [6.45, 7) is 5.94. The molecule has 3 aromatic rings. The molecule has 0 bridgehead atoms. The first-order valence-electron chi connectivity index (χ1n) is 13.3. The van der Waals surface area contributed by atoms with E-state index in [0.717, 1.165) is 48.8 Å². The molecule has 3 aliphatic carbocycles. The molecule has 1 aromatic carbocycles. The van der Waals surface area contributed by atoms with Gasteiger partial charge in [-0.1, -0.05) is 50.5 Å². The Bertz CT molecular complexity index is 1370. The third-order valence-corrected chi connectivity index (χ3v) is 8.05. The van der Waals surface area contributed by atoms with Gasteiger partial charge in [-0.25, -0.2) is 4.98 Å². The van der Waals surface area contributed by atoms with Gasteiger partial charge in [0.15, 0.2) is 5.82 Å². The van der Waals surface area contributed by atoms with Gasteiger partial charge >= 0.3 is 11.8 Å². The number of fused-ring (bicyclic) bond motifs is 1. The number of aromatic nitrogens is 3. The van der Waals surface area contributed by atoms with Gasteiger partial charge < -0.3 is 15.2 Å². The number of pyridine rings is 1. The third-order valence-electron chi connectivity index (χ3n) is 8.05. The molecular formula is C29H33N5O3. The number of benzene rings is 1. The van der Waals surface area contributed by atoms with Crippen LogP contribution in [-0.2, 0) is 16.6 Å². The molecule has 2 fully saturated rings. The van der Waals surface area contributed by atoms with E-state index in [1.165, 1.54) is 18.4 Å². The van der Waals surface area contributed by atoms with Gasteiger partial charge in [0.25, 0.3) is 0 Å². The van der Waals surface area contributed by atoms with E-state index in [1.54, 1.807) is 6.20 Å². The van der Waals surface area contributed by atoms with Gasteiger partial charge in [0.1, 0.15) is 5.82 Å². The molecule has 8 nitrogen and oxygen atoms in total. The molecular weight excluding hydrogens is 466 g/mol. The van der Waals surface area contributed by atoms with E-state index in [0.29, 0.717) is 17.1 Å². The van der Waals surface area contributed by atoms with Crippen molar-refractivity contribution in [3.8, 4) is 11.1 Å². The molecule has 3 aliphatic rings. The Morgan fingerprint density at radius 3 is 2.62 bits per heavy atom. The number of aryl methyl sites for hydroxylation is 1. The molecule has 2 saturated carbocycles. The Balaban J connectivity index is 1.19. The van der Waals surface area contributed by atoms with Crippen molar-refractivity contribution in [1.29, 1.82) is 0 Å². The van der Waals surface area contributed by atoms with Gasteiger partial charge in [-0.2, -0.15) is 4.98 Å². The fraction of sp³-hybridized carbons (Fsp3) is 0.483. The first-order valence-corrected chi connectivity index (χ1v) is 13.3. The fourth-order valence-electron chi connectivity index (χ4n) is 5.47. The van der Waals surface area contributed by atoms with Crippen LogP contribution in [0.1, 0.15) is 93.0 Å². The highest BCUT2D eigenvalue weighted by atomic mass is 16.5. The highest BCUT2D eigenvalue weighted by Gasteiger charge is 2.65. The van der Waals surface area contributed by atoms with Gasteiger partial charge in [-0.05, 0) is 78.3 Å². The van der Waals surface area contributed by atoms with Crippen LogP contribution < -0.4 is 10.6 Å². The molecule has 2 amide bonds. The summed E-state index contributed by atoms with van der Waals surface area (Å²) in [6, 6.07) is 10.2. The van der Waals surface area contributed by atoms with Crippen molar-refractivity contribution in [1.82, 2.24) is 20.4 Å². The van der Waals surface area contributed by atoms with Gasteiger partial charge in [0, 0.05) is 17.5 Å². The van der Waals surface area contributed by atoms with Gasteiger partial charge in [-0.3, -0.25) is 9.59 Å². The summed E-state index contributed by atoms with van der Waals surface area (Å²) in [5.41, 5.74) is 4.45. The lowest BCUT2D eigenvalue weighted by Crippen LogP contribution is -2.29. The highest BCUT2D eigenvalue weighted by molar-refractivity contribution is 5.95. The molecule has 8 heteroatoms. The number of amides is 2. The molecule has 1 spiro atoms. The van der Waals surface area contributed by atoms with Crippen LogP contribution in [0.2, 0.25) is 0 Å². The van der Waals surface area contributed by atoms with Gasteiger partial charge in [0.2, 0.25) is 5.91 Å². The molecule has 2 unspecified atom stereocenters. The molecule has 0 saturated heterocycles. The monoisotopic (exact) mass is 499 g/mol. The van der Waals surface area contributed by atoms with Crippen LogP contribution in [0.4, 0.5) is 5.82 Å². The second-order valence-electron chi connectivity index (χ2n) is 11.9. The minimum Gasteiger partial charge on any atom is -0.341 e. The Labute approximate surface area is 216 Å². The zero-order valence-electron chi connectivity index (χ0n) is 21.6. The predicted octanol–water partition coefficient (Wildman–Crippen LogP) is 5.37. The van der Waals surface area contributed by atoms with E-state index in [2.05, 4.69) is 44.0 Å². The molecule has 192 valence electrons. The topological polar surface area (TPSA) is 110 Å². The Morgan fingerprint density at radius 2 is 1.89 bits per heavy atom. The largest absolute Gasteiger partial charge is 0.341 e. The van der Waals surface area contributed by atoms with Crippen LogP contribution in [-0.4, -0.2) is 26.9 Å². The maximum absolute atomic E-state index is 12.9. The second kappa shape index (κ2) is 8.78. The Kier molecular flexibility index (Phi) is 5.66. The van der Waals surface area contributed by atoms with Crippen molar-refractivity contribution in [2.45, 2.75) is 77.2 Å². The molecule has 0 aliphatic heterocycles. The summed E-state index contributed by atoms with van der Waals surface area (Å²) in [5.74, 6) is 1.02. The van der Waals surface area contributed by atoms with E-state index in [4.69, 9.17) is 4.52 Å². The van der Waals surface area contributed by atoms with Crippen molar-refractivity contribution >= 4 is 17.6 Å². The van der Waals surface area contributed by atoms with Crippen LogP contribution in [0.3, 0.4) is 0 Å². The molecule has 2 heterocycles. The number of anilines is 1. The summed E-state index contributed by atoms with van der Waals surface area (Å²) in [4.78, 5) is 34.2. The zero-order chi connectivity index (χ0) is 25.8. The average molecular weight is 500 g/mol. The summed E-state index contributed by atoms with van der Waals surface area (Å²) < 4.78 is 5.25. The molecule has 2 aromatic heterocycles. The van der Waals surface area contributed by atoms with E-state index in [9.17, 15) is 9.59 Å². The number of rotatable bonds is 5. The van der Waals surface area contributed by atoms with Crippen LogP contribution >= 0.6 is 0 Å². The summed E-state index contributed by atoms with van der Waals surface area (Å²) >= 11 is 0. The normalized spacial score (nSPS) is 21.6. The maximum atomic E-state index is 12.9. The van der Waals surface area contributed by atoms with Crippen LogP contribution in [0.15, 0.2) is 41.1 Å². The lowest BCUT2D eigenvalue weighted by molar-refractivity contribution is -0.117. The molecule has 6 rings (SSSR count). The number of carbonyl (C=O) groups is 2. The number of nitrogens with one attached hydrogen (secondary N) is 2.